The number of benzene rings is 2. The predicted octanol–water partition coefficient (Wildman–Crippen LogP) is 3.93. The summed E-state index contributed by atoms with van der Waals surface area (Å²) in [6.45, 7) is 0.894. The first-order valence-corrected chi connectivity index (χ1v) is 8.39. The van der Waals surface area contributed by atoms with E-state index >= 15 is 0 Å². The lowest BCUT2D eigenvalue weighted by molar-refractivity contribution is -0.150. The zero-order valence-corrected chi connectivity index (χ0v) is 15.3. The Hall–Kier alpha value is -2.31. The Balaban J connectivity index is 1.75. The van der Waals surface area contributed by atoms with E-state index in [1.165, 1.54) is 24.3 Å². The number of halogens is 3. The van der Waals surface area contributed by atoms with Gasteiger partial charge in [0.2, 0.25) is 0 Å². The second kappa shape index (κ2) is 9.40. The van der Waals surface area contributed by atoms with Crippen molar-refractivity contribution in [3.63, 3.8) is 0 Å². The SMILES string of the molecule is C[C@@H](NC(=O)COC(=O)COc1ccc(F)cc1)c1ccc(Cl)cc1Cl. The molecule has 0 fully saturated rings. The van der Waals surface area contributed by atoms with Gasteiger partial charge in [-0.05, 0) is 48.9 Å². The lowest BCUT2D eigenvalue weighted by Gasteiger charge is -2.16. The Bertz CT molecular complexity index is 783. The maximum Gasteiger partial charge on any atom is 0.344 e. The van der Waals surface area contributed by atoms with Gasteiger partial charge in [0.1, 0.15) is 11.6 Å². The first-order chi connectivity index (χ1) is 12.3. The molecule has 0 spiro atoms. The summed E-state index contributed by atoms with van der Waals surface area (Å²) in [6.07, 6.45) is 0. The molecule has 8 heteroatoms. The average molecular weight is 400 g/mol. The van der Waals surface area contributed by atoms with Gasteiger partial charge in [0, 0.05) is 10.0 Å². The summed E-state index contributed by atoms with van der Waals surface area (Å²) in [7, 11) is 0. The maximum absolute atomic E-state index is 12.8. The van der Waals surface area contributed by atoms with Crippen LogP contribution in [0.2, 0.25) is 10.0 Å². The number of hydrogen-bond acceptors (Lipinski definition) is 4. The molecule has 1 N–H and O–H groups in total. The maximum atomic E-state index is 12.8. The molecule has 0 aliphatic carbocycles. The third kappa shape index (κ3) is 6.20. The average Bonchev–Trinajstić information content (AvgIpc) is 2.59. The van der Waals surface area contributed by atoms with Crippen LogP contribution < -0.4 is 10.1 Å². The third-order valence-electron chi connectivity index (χ3n) is 3.34. The topological polar surface area (TPSA) is 64.6 Å². The minimum Gasteiger partial charge on any atom is -0.482 e. The highest BCUT2D eigenvalue weighted by Crippen LogP contribution is 2.25. The fourth-order valence-corrected chi connectivity index (χ4v) is 2.65. The van der Waals surface area contributed by atoms with Crippen LogP contribution in [-0.2, 0) is 14.3 Å². The lowest BCUT2D eigenvalue weighted by Crippen LogP contribution is -2.32. The van der Waals surface area contributed by atoms with Gasteiger partial charge in [0.15, 0.2) is 13.2 Å². The molecule has 0 bridgehead atoms. The molecule has 0 aliphatic rings. The molecular formula is C18H16Cl2FNO4. The fraction of sp³-hybridized carbons (Fsp3) is 0.222. The molecule has 5 nitrogen and oxygen atoms in total. The number of ether oxygens (including phenoxy) is 2. The van der Waals surface area contributed by atoms with E-state index in [9.17, 15) is 14.0 Å². The minimum atomic E-state index is -0.721. The number of esters is 1. The van der Waals surface area contributed by atoms with Gasteiger partial charge in [-0.3, -0.25) is 4.79 Å². The first-order valence-electron chi connectivity index (χ1n) is 7.63. The van der Waals surface area contributed by atoms with Gasteiger partial charge < -0.3 is 14.8 Å². The van der Waals surface area contributed by atoms with Gasteiger partial charge in [-0.1, -0.05) is 29.3 Å². The molecule has 0 aliphatic heterocycles. The van der Waals surface area contributed by atoms with E-state index in [1.54, 1.807) is 25.1 Å². The Labute approximate surface area is 160 Å². The van der Waals surface area contributed by atoms with Gasteiger partial charge in [0.05, 0.1) is 6.04 Å². The minimum absolute atomic E-state index is 0.318. The van der Waals surface area contributed by atoms with E-state index in [-0.39, 0.29) is 6.04 Å². The second-order valence-electron chi connectivity index (χ2n) is 5.36. The molecule has 2 aromatic carbocycles. The zero-order valence-electron chi connectivity index (χ0n) is 13.8. The largest absolute Gasteiger partial charge is 0.482 e. The van der Waals surface area contributed by atoms with E-state index < -0.39 is 30.9 Å². The molecule has 0 aromatic heterocycles. The van der Waals surface area contributed by atoms with Gasteiger partial charge >= 0.3 is 5.97 Å². The molecule has 26 heavy (non-hydrogen) atoms. The van der Waals surface area contributed by atoms with E-state index in [0.29, 0.717) is 21.4 Å². The molecule has 0 heterocycles. The van der Waals surface area contributed by atoms with Crippen LogP contribution >= 0.6 is 23.2 Å². The van der Waals surface area contributed by atoms with Crippen molar-refractivity contribution in [1.82, 2.24) is 5.32 Å². The van der Waals surface area contributed by atoms with Crippen LogP contribution in [-0.4, -0.2) is 25.1 Å². The quantitative estimate of drug-likeness (QED) is 0.716. The van der Waals surface area contributed by atoms with Crippen molar-refractivity contribution in [3.8, 4) is 5.75 Å². The van der Waals surface area contributed by atoms with Crippen molar-refractivity contribution in [2.24, 2.45) is 0 Å². The zero-order chi connectivity index (χ0) is 19.1. The molecule has 0 saturated heterocycles. The summed E-state index contributed by atoms with van der Waals surface area (Å²) in [4.78, 5) is 23.5. The van der Waals surface area contributed by atoms with Crippen LogP contribution in [0.5, 0.6) is 5.75 Å². The number of amides is 1. The van der Waals surface area contributed by atoms with E-state index in [0.717, 1.165) is 0 Å². The summed E-state index contributed by atoms with van der Waals surface area (Å²) < 4.78 is 22.7. The Kier molecular flexibility index (Phi) is 7.24. The Morgan fingerprint density at radius 3 is 2.46 bits per heavy atom. The highest BCUT2D eigenvalue weighted by molar-refractivity contribution is 6.35. The normalized spacial score (nSPS) is 11.5. The van der Waals surface area contributed by atoms with Crippen LogP contribution in [0.15, 0.2) is 42.5 Å². The predicted molar refractivity (Wildman–Crippen MR) is 95.9 cm³/mol. The van der Waals surface area contributed by atoms with Crippen LogP contribution in [0.3, 0.4) is 0 Å². The van der Waals surface area contributed by atoms with Gasteiger partial charge in [-0.15, -0.1) is 0 Å². The van der Waals surface area contributed by atoms with Crippen LogP contribution in [0, 0.1) is 5.82 Å². The van der Waals surface area contributed by atoms with Gasteiger partial charge in [-0.25, -0.2) is 9.18 Å². The summed E-state index contributed by atoms with van der Waals surface area (Å²) in [6, 6.07) is 9.74. The number of carbonyl (C=O) groups is 2. The molecule has 0 unspecified atom stereocenters. The second-order valence-corrected chi connectivity index (χ2v) is 6.20. The third-order valence-corrected chi connectivity index (χ3v) is 3.90. The van der Waals surface area contributed by atoms with Crippen LogP contribution in [0.1, 0.15) is 18.5 Å². The first kappa shape index (κ1) is 20.0. The molecule has 2 rings (SSSR count). The van der Waals surface area contributed by atoms with Crippen molar-refractivity contribution in [2.45, 2.75) is 13.0 Å². The smallest absolute Gasteiger partial charge is 0.344 e. The summed E-state index contributed by atoms with van der Waals surface area (Å²) in [5.41, 5.74) is 0.690. The van der Waals surface area contributed by atoms with Crippen molar-refractivity contribution in [1.29, 1.82) is 0 Å². The van der Waals surface area contributed by atoms with Gasteiger partial charge in [0.25, 0.3) is 5.91 Å². The highest BCUT2D eigenvalue weighted by atomic mass is 35.5. The molecule has 0 saturated carbocycles. The fourth-order valence-electron chi connectivity index (χ4n) is 2.07. The Morgan fingerprint density at radius 2 is 1.81 bits per heavy atom. The summed E-state index contributed by atoms with van der Waals surface area (Å²) in [5, 5.41) is 3.58. The molecule has 1 atom stereocenters. The number of nitrogens with one attached hydrogen (secondary N) is 1. The number of carbonyl (C=O) groups excluding carboxylic acids is 2. The van der Waals surface area contributed by atoms with Crippen molar-refractivity contribution in [3.05, 3.63) is 63.9 Å². The molecule has 0 radical (unpaired) electrons. The summed E-state index contributed by atoms with van der Waals surface area (Å²) in [5.74, 6) is -1.30. The summed E-state index contributed by atoms with van der Waals surface area (Å²) >= 11 is 11.9. The van der Waals surface area contributed by atoms with E-state index in [1.807, 2.05) is 0 Å². The van der Waals surface area contributed by atoms with Crippen molar-refractivity contribution >= 4 is 35.1 Å². The number of rotatable bonds is 7. The van der Waals surface area contributed by atoms with Crippen molar-refractivity contribution < 1.29 is 23.5 Å². The Morgan fingerprint density at radius 1 is 1.12 bits per heavy atom. The molecule has 2 aromatic rings. The van der Waals surface area contributed by atoms with Crippen LogP contribution in [0.25, 0.3) is 0 Å². The standard InChI is InChI=1S/C18H16Cl2FNO4/c1-11(15-7-2-12(19)8-16(15)20)22-17(23)9-26-18(24)10-25-14-5-3-13(21)4-6-14/h2-8,11H,9-10H2,1H3,(H,22,23)/t11-/m1/s1. The molecule has 1 amide bonds. The number of hydrogen-bond donors (Lipinski definition) is 1. The van der Waals surface area contributed by atoms with E-state index in [4.69, 9.17) is 32.7 Å². The van der Waals surface area contributed by atoms with Crippen LogP contribution in [0.4, 0.5) is 4.39 Å². The van der Waals surface area contributed by atoms with Gasteiger partial charge in [-0.2, -0.15) is 0 Å². The molecular weight excluding hydrogens is 384 g/mol. The van der Waals surface area contributed by atoms with E-state index in [2.05, 4.69) is 5.32 Å². The lowest BCUT2D eigenvalue weighted by atomic mass is 10.1. The highest BCUT2D eigenvalue weighted by Gasteiger charge is 2.14. The molecule has 138 valence electrons. The van der Waals surface area contributed by atoms with Crippen molar-refractivity contribution in [2.75, 3.05) is 13.2 Å². The monoisotopic (exact) mass is 399 g/mol.